The zero-order chi connectivity index (χ0) is 15.4. The van der Waals surface area contributed by atoms with Gasteiger partial charge in [-0.05, 0) is 18.8 Å². The molecule has 1 unspecified atom stereocenters. The molecular formula is C15H18N6O. The Morgan fingerprint density at radius 3 is 2.73 bits per heavy atom. The highest BCUT2D eigenvalue weighted by molar-refractivity contribution is 5.36. The lowest BCUT2D eigenvalue weighted by atomic mass is 9.91. The monoisotopic (exact) mass is 298 g/mol. The maximum absolute atomic E-state index is 8.80. The number of aryl methyl sites for hydroxylation is 1. The Labute approximate surface area is 129 Å². The highest BCUT2D eigenvalue weighted by Gasteiger charge is 2.28. The molecule has 0 radical (unpaired) electrons. The standard InChI is InChI=1S/C15H18N6O/c1-21-5-4-17-15(21)14(11-2-6-22-7-3-11)20-13-10-18-12(8-16)9-19-13/h4-5,9-11,14H,2-3,6-7H2,1H3,(H,19,20). The molecule has 0 saturated carbocycles. The summed E-state index contributed by atoms with van der Waals surface area (Å²) >= 11 is 0. The molecule has 0 aliphatic carbocycles. The molecule has 1 aliphatic heterocycles. The van der Waals surface area contributed by atoms with E-state index in [1.165, 1.54) is 6.20 Å². The molecule has 3 rings (SSSR count). The molecule has 1 saturated heterocycles. The first-order valence-corrected chi connectivity index (χ1v) is 7.31. The van der Waals surface area contributed by atoms with Crippen LogP contribution in [0.15, 0.2) is 24.8 Å². The number of rotatable bonds is 4. The summed E-state index contributed by atoms with van der Waals surface area (Å²) in [5.74, 6) is 2.05. The number of nitrogens with one attached hydrogen (secondary N) is 1. The summed E-state index contributed by atoms with van der Waals surface area (Å²) < 4.78 is 7.48. The molecule has 114 valence electrons. The smallest absolute Gasteiger partial charge is 0.158 e. The second-order valence-electron chi connectivity index (χ2n) is 5.37. The van der Waals surface area contributed by atoms with E-state index in [1.807, 2.05) is 23.9 Å². The van der Waals surface area contributed by atoms with Crippen LogP contribution in [-0.4, -0.2) is 32.7 Å². The van der Waals surface area contributed by atoms with Crippen LogP contribution in [0.2, 0.25) is 0 Å². The molecular weight excluding hydrogens is 280 g/mol. The van der Waals surface area contributed by atoms with Crippen LogP contribution in [0, 0.1) is 17.2 Å². The van der Waals surface area contributed by atoms with Gasteiger partial charge < -0.3 is 14.6 Å². The van der Waals surface area contributed by atoms with Crippen molar-refractivity contribution in [3.05, 3.63) is 36.3 Å². The van der Waals surface area contributed by atoms with Gasteiger partial charge in [0.2, 0.25) is 0 Å². The van der Waals surface area contributed by atoms with Crippen molar-refractivity contribution < 1.29 is 4.74 Å². The minimum absolute atomic E-state index is 0.0473. The average molecular weight is 298 g/mol. The van der Waals surface area contributed by atoms with E-state index in [0.717, 1.165) is 31.9 Å². The Morgan fingerprint density at radius 2 is 2.14 bits per heavy atom. The van der Waals surface area contributed by atoms with Gasteiger partial charge in [-0.2, -0.15) is 5.26 Å². The Morgan fingerprint density at radius 1 is 1.32 bits per heavy atom. The zero-order valence-corrected chi connectivity index (χ0v) is 12.4. The quantitative estimate of drug-likeness (QED) is 0.923. The van der Waals surface area contributed by atoms with Crippen LogP contribution in [0.5, 0.6) is 0 Å². The van der Waals surface area contributed by atoms with Gasteiger partial charge in [0, 0.05) is 32.7 Å². The summed E-state index contributed by atoms with van der Waals surface area (Å²) in [6, 6.07) is 2.02. The lowest BCUT2D eigenvalue weighted by Gasteiger charge is -2.30. The molecule has 1 fully saturated rings. The fourth-order valence-corrected chi connectivity index (χ4v) is 2.74. The number of nitrogens with zero attached hydrogens (tertiary/aromatic N) is 5. The lowest BCUT2D eigenvalue weighted by molar-refractivity contribution is 0.0594. The number of anilines is 1. The highest BCUT2D eigenvalue weighted by Crippen LogP contribution is 2.31. The van der Waals surface area contributed by atoms with E-state index in [4.69, 9.17) is 10.00 Å². The second kappa shape index (κ2) is 6.54. The third-order valence-electron chi connectivity index (χ3n) is 3.94. The predicted molar refractivity (Wildman–Crippen MR) is 79.9 cm³/mol. The van der Waals surface area contributed by atoms with Crippen LogP contribution in [0.25, 0.3) is 0 Å². The summed E-state index contributed by atoms with van der Waals surface area (Å²) in [4.78, 5) is 12.8. The van der Waals surface area contributed by atoms with E-state index in [-0.39, 0.29) is 6.04 Å². The third kappa shape index (κ3) is 3.07. The first-order chi connectivity index (χ1) is 10.8. The SMILES string of the molecule is Cn1ccnc1C(Nc1cnc(C#N)cn1)C1CCOCC1. The maximum atomic E-state index is 8.80. The van der Waals surface area contributed by atoms with Gasteiger partial charge in [0.25, 0.3) is 0 Å². The van der Waals surface area contributed by atoms with E-state index >= 15 is 0 Å². The Balaban J connectivity index is 1.84. The molecule has 1 aliphatic rings. The average Bonchev–Trinajstić information content (AvgIpc) is 3.00. The van der Waals surface area contributed by atoms with E-state index in [2.05, 4.69) is 20.3 Å². The number of hydrogen-bond acceptors (Lipinski definition) is 6. The molecule has 1 atom stereocenters. The summed E-state index contributed by atoms with van der Waals surface area (Å²) in [7, 11) is 1.99. The van der Waals surface area contributed by atoms with Gasteiger partial charge in [-0.25, -0.2) is 15.0 Å². The molecule has 2 aromatic rings. The van der Waals surface area contributed by atoms with Crippen LogP contribution < -0.4 is 5.32 Å². The number of hydrogen-bond donors (Lipinski definition) is 1. The largest absolute Gasteiger partial charge is 0.381 e. The topological polar surface area (TPSA) is 88.7 Å². The number of nitriles is 1. The lowest BCUT2D eigenvalue weighted by Crippen LogP contribution is -2.29. The molecule has 1 N–H and O–H groups in total. The molecule has 3 heterocycles. The van der Waals surface area contributed by atoms with E-state index in [9.17, 15) is 0 Å². The van der Waals surface area contributed by atoms with Gasteiger partial charge in [-0.15, -0.1) is 0 Å². The van der Waals surface area contributed by atoms with Crippen molar-refractivity contribution in [2.45, 2.75) is 18.9 Å². The van der Waals surface area contributed by atoms with Crippen molar-refractivity contribution >= 4 is 5.82 Å². The second-order valence-corrected chi connectivity index (χ2v) is 5.37. The fourth-order valence-electron chi connectivity index (χ4n) is 2.74. The van der Waals surface area contributed by atoms with E-state index < -0.39 is 0 Å². The van der Waals surface area contributed by atoms with Crippen LogP contribution in [0.3, 0.4) is 0 Å². The number of ether oxygens (including phenoxy) is 1. The third-order valence-corrected chi connectivity index (χ3v) is 3.94. The van der Waals surface area contributed by atoms with Gasteiger partial charge in [0.05, 0.1) is 18.4 Å². The maximum Gasteiger partial charge on any atom is 0.158 e. The van der Waals surface area contributed by atoms with Crippen molar-refractivity contribution in [3.8, 4) is 6.07 Å². The molecule has 7 nitrogen and oxygen atoms in total. The Bertz CT molecular complexity index is 653. The summed E-state index contributed by atoms with van der Waals surface area (Å²) in [6.45, 7) is 1.54. The van der Waals surface area contributed by atoms with Crippen molar-refractivity contribution in [1.82, 2.24) is 19.5 Å². The van der Waals surface area contributed by atoms with Crippen molar-refractivity contribution in [3.63, 3.8) is 0 Å². The van der Waals surface area contributed by atoms with Gasteiger partial charge in [0.15, 0.2) is 5.69 Å². The minimum Gasteiger partial charge on any atom is -0.381 e. The first-order valence-electron chi connectivity index (χ1n) is 7.31. The first kappa shape index (κ1) is 14.5. The number of aromatic nitrogens is 4. The highest BCUT2D eigenvalue weighted by atomic mass is 16.5. The van der Waals surface area contributed by atoms with Gasteiger partial charge in [0.1, 0.15) is 17.7 Å². The van der Waals surface area contributed by atoms with Crippen molar-refractivity contribution in [2.24, 2.45) is 13.0 Å². The van der Waals surface area contributed by atoms with Crippen LogP contribution in [0.1, 0.15) is 30.4 Å². The van der Waals surface area contributed by atoms with Gasteiger partial charge >= 0.3 is 0 Å². The minimum atomic E-state index is 0.0473. The zero-order valence-electron chi connectivity index (χ0n) is 12.4. The van der Waals surface area contributed by atoms with E-state index in [1.54, 1.807) is 12.4 Å². The van der Waals surface area contributed by atoms with Crippen molar-refractivity contribution in [2.75, 3.05) is 18.5 Å². The summed E-state index contributed by atoms with van der Waals surface area (Å²) in [5.41, 5.74) is 0.310. The molecule has 0 bridgehead atoms. The summed E-state index contributed by atoms with van der Waals surface area (Å²) in [5, 5.41) is 12.2. The Kier molecular flexibility index (Phi) is 4.30. The predicted octanol–water partition coefficient (Wildman–Crippen LogP) is 1.66. The fraction of sp³-hybridized carbons (Fsp3) is 0.467. The molecule has 7 heteroatoms. The molecule has 0 aromatic carbocycles. The van der Waals surface area contributed by atoms with Crippen LogP contribution in [0.4, 0.5) is 5.82 Å². The van der Waals surface area contributed by atoms with Crippen LogP contribution >= 0.6 is 0 Å². The summed E-state index contributed by atoms with van der Waals surface area (Å²) in [6.07, 6.45) is 8.76. The number of imidazole rings is 1. The Hall–Kier alpha value is -2.46. The normalized spacial score (nSPS) is 16.9. The van der Waals surface area contributed by atoms with Gasteiger partial charge in [-0.3, -0.25) is 0 Å². The molecule has 22 heavy (non-hydrogen) atoms. The van der Waals surface area contributed by atoms with E-state index in [0.29, 0.717) is 17.4 Å². The molecule has 0 amide bonds. The van der Waals surface area contributed by atoms with Crippen LogP contribution in [-0.2, 0) is 11.8 Å². The molecule has 2 aromatic heterocycles. The van der Waals surface area contributed by atoms with Crippen molar-refractivity contribution in [1.29, 1.82) is 5.26 Å². The molecule has 0 spiro atoms. The van der Waals surface area contributed by atoms with Gasteiger partial charge in [-0.1, -0.05) is 0 Å².